The summed E-state index contributed by atoms with van der Waals surface area (Å²) in [7, 11) is 0. The van der Waals surface area contributed by atoms with Crippen LogP contribution in [0.3, 0.4) is 0 Å². The van der Waals surface area contributed by atoms with Crippen LogP contribution in [0.2, 0.25) is 0 Å². The van der Waals surface area contributed by atoms with Crippen molar-refractivity contribution in [2.75, 3.05) is 19.8 Å². The van der Waals surface area contributed by atoms with Crippen LogP contribution in [-0.4, -0.2) is 41.7 Å². The van der Waals surface area contributed by atoms with Crippen molar-refractivity contribution in [3.05, 3.63) is 82.1 Å². The summed E-state index contributed by atoms with van der Waals surface area (Å²) in [5.74, 6) is 0.450. The molecule has 1 atom stereocenters. The molecule has 5 nitrogen and oxygen atoms in total. The summed E-state index contributed by atoms with van der Waals surface area (Å²) in [4.78, 5) is 19.5. The molecule has 1 fully saturated rings. The Kier molecular flexibility index (Phi) is 7.27. The lowest BCUT2D eigenvalue weighted by molar-refractivity contribution is 0.0510. The first kappa shape index (κ1) is 21.5. The summed E-state index contributed by atoms with van der Waals surface area (Å²) in [6, 6.07) is 14.4. The van der Waals surface area contributed by atoms with E-state index in [0.29, 0.717) is 42.3 Å². The molecule has 0 aliphatic carbocycles. The fraction of sp³-hybridized carbons (Fsp3) is 0.333. The van der Waals surface area contributed by atoms with Gasteiger partial charge >= 0.3 is 0 Å². The van der Waals surface area contributed by atoms with Crippen molar-refractivity contribution in [1.82, 2.24) is 9.88 Å². The maximum Gasteiger partial charge on any atom is 0.265 e. The van der Waals surface area contributed by atoms with Crippen molar-refractivity contribution in [2.45, 2.75) is 31.9 Å². The monoisotopic (exact) mass is 440 g/mol. The molecular formula is C24H25FN2O3S. The van der Waals surface area contributed by atoms with Crippen molar-refractivity contribution in [1.29, 1.82) is 0 Å². The number of amides is 1. The van der Waals surface area contributed by atoms with Gasteiger partial charge in [-0.15, -0.1) is 11.3 Å². The molecule has 0 saturated carbocycles. The highest BCUT2D eigenvalue weighted by molar-refractivity contribution is 7.11. The number of nitrogens with zero attached hydrogens (tertiary/aromatic N) is 2. The van der Waals surface area contributed by atoms with Gasteiger partial charge < -0.3 is 14.4 Å². The van der Waals surface area contributed by atoms with Crippen LogP contribution in [0.15, 0.2) is 60.2 Å². The van der Waals surface area contributed by atoms with E-state index < -0.39 is 0 Å². The van der Waals surface area contributed by atoms with Gasteiger partial charge in [0.05, 0.1) is 24.4 Å². The summed E-state index contributed by atoms with van der Waals surface area (Å²) < 4.78 is 25.4. The second-order valence-electron chi connectivity index (χ2n) is 7.52. The Morgan fingerprint density at radius 3 is 2.94 bits per heavy atom. The zero-order chi connectivity index (χ0) is 21.5. The normalized spacial score (nSPS) is 15.7. The van der Waals surface area contributed by atoms with Crippen LogP contribution in [0, 0.1) is 5.82 Å². The van der Waals surface area contributed by atoms with Crippen LogP contribution >= 0.6 is 11.3 Å². The summed E-state index contributed by atoms with van der Waals surface area (Å²) in [6.45, 7) is 2.14. The second-order valence-corrected chi connectivity index (χ2v) is 8.41. The molecule has 3 aromatic rings. The van der Waals surface area contributed by atoms with Gasteiger partial charge in [-0.2, -0.15) is 0 Å². The number of carbonyl (C=O) groups is 1. The smallest absolute Gasteiger partial charge is 0.265 e. The Morgan fingerprint density at radius 2 is 2.16 bits per heavy atom. The van der Waals surface area contributed by atoms with Crippen molar-refractivity contribution in [2.24, 2.45) is 0 Å². The SMILES string of the molecule is O=C(c1cncs1)N(Cc1cccc(OCCc2ccccc2F)c1)C[C@@H]1CCCO1. The van der Waals surface area contributed by atoms with E-state index >= 15 is 0 Å². The molecule has 162 valence electrons. The van der Waals surface area contributed by atoms with Crippen LogP contribution in [0.1, 0.15) is 33.6 Å². The molecule has 2 aromatic carbocycles. The molecule has 0 unspecified atom stereocenters. The first-order chi connectivity index (χ1) is 15.2. The van der Waals surface area contributed by atoms with Gasteiger partial charge in [0.15, 0.2) is 0 Å². The number of aromatic nitrogens is 1. The third-order valence-corrected chi connectivity index (χ3v) is 6.01. The number of halogens is 1. The van der Waals surface area contributed by atoms with E-state index in [0.717, 1.165) is 25.0 Å². The maximum atomic E-state index is 13.8. The predicted octanol–water partition coefficient (Wildman–Crippen LogP) is 4.73. The zero-order valence-electron chi connectivity index (χ0n) is 17.2. The van der Waals surface area contributed by atoms with Crippen LogP contribution in [0.5, 0.6) is 5.75 Å². The van der Waals surface area contributed by atoms with Crippen LogP contribution < -0.4 is 4.74 Å². The van der Waals surface area contributed by atoms with Crippen molar-refractivity contribution >= 4 is 17.2 Å². The lowest BCUT2D eigenvalue weighted by Gasteiger charge is -2.25. The zero-order valence-corrected chi connectivity index (χ0v) is 18.0. The van der Waals surface area contributed by atoms with Gasteiger partial charge in [0.1, 0.15) is 16.4 Å². The first-order valence-corrected chi connectivity index (χ1v) is 11.3. The van der Waals surface area contributed by atoms with E-state index in [1.54, 1.807) is 23.8 Å². The summed E-state index contributed by atoms with van der Waals surface area (Å²) in [5.41, 5.74) is 3.28. The van der Waals surface area contributed by atoms with Gasteiger partial charge in [-0.05, 0) is 42.2 Å². The fourth-order valence-corrected chi connectivity index (χ4v) is 4.25. The Balaban J connectivity index is 1.40. The number of hydrogen-bond donors (Lipinski definition) is 0. The molecule has 1 amide bonds. The average molecular weight is 441 g/mol. The van der Waals surface area contributed by atoms with Gasteiger partial charge in [-0.25, -0.2) is 4.39 Å². The summed E-state index contributed by atoms with van der Waals surface area (Å²) >= 11 is 1.34. The van der Waals surface area contributed by atoms with Gasteiger partial charge in [0, 0.05) is 26.1 Å². The van der Waals surface area contributed by atoms with Crippen molar-refractivity contribution in [3.63, 3.8) is 0 Å². The highest BCUT2D eigenvalue weighted by Gasteiger charge is 2.24. The third-order valence-electron chi connectivity index (χ3n) is 5.25. The number of carbonyl (C=O) groups excluding carboxylic acids is 1. The van der Waals surface area contributed by atoms with Crippen LogP contribution in [0.4, 0.5) is 4.39 Å². The van der Waals surface area contributed by atoms with Crippen molar-refractivity contribution < 1.29 is 18.7 Å². The molecule has 0 N–H and O–H groups in total. The predicted molar refractivity (Wildman–Crippen MR) is 118 cm³/mol. The maximum absolute atomic E-state index is 13.8. The quantitative estimate of drug-likeness (QED) is 0.483. The standard InChI is InChI=1S/C24H25FN2O3S/c25-22-9-2-1-6-19(22)10-12-30-20-7-3-5-18(13-20)15-27(16-21-8-4-11-29-21)24(28)23-14-26-17-31-23/h1-3,5-7,9,13-14,17,21H,4,8,10-12,15-16H2/t21-/m0/s1. The summed E-state index contributed by atoms with van der Waals surface area (Å²) in [5, 5.41) is 0. The Bertz CT molecular complexity index is 990. The molecule has 31 heavy (non-hydrogen) atoms. The van der Waals surface area contributed by atoms with E-state index in [4.69, 9.17) is 9.47 Å². The molecule has 4 rings (SSSR count). The Labute approximate surface area is 185 Å². The molecule has 2 heterocycles. The third kappa shape index (κ3) is 5.89. The molecule has 0 spiro atoms. The lowest BCUT2D eigenvalue weighted by atomic mass is 10.1. The second kappa shape index (κ2) is 10.5. The number of hydrogen-bond acceptors (Lipinski definition) is 5. The number of benzene rings is 2. The fourth-order valence-electron chi connectivity index (χ4n) is 3.66. The molecule has 1 aliphatic heterocycles. The Morgan fingerprint density at radius 1 is 1.26 bits per heavy atom. The van der Waals surface area contributed by atoms with E-state index in [9.17, 15) is 9.18 Å². The van der Waals surface area contributed by atoms with Crippen LogP contribution in [0.25, 0.3) is 0 Å². The largest absolute Gasteiger partial charge is 0.493 e. The van der Waals surface area contributed by atoms with Gasteiger partial charge in [-0.3, -0.25) is 9.78 Å². The van der Waals surface area contributed by atoms with Gasteiger partial charge in [-0.1, -0.05) is 30.3 Å². The van der Waals surface area contributed by atoms with E-state index in [-0.39, 0.29) is 17.8 Å². The van der Waals surface area contributed by atoms with Gasteiger partial charge in [0.25, 0.3) is 5.91 Å². The molecule has 1 aliphatic rings. The molecule has 7 heteroatoms. The topological polar surface area (TPSA) is 51.7 Å². The minimum Gasteiger partial charge on any atom is -0.493 e. The average Bonchev–Trinajstić information content (AvgIpc) is 3.49. The highest BCUT2D eigenvalue weighted by Crippen LogP contribution is 2.21. The molecule has 0 radical (unpaired) electrons. The molecular weight excluding hydrogens is 415 g/mol. The van der Waals surface area contributed by atoms with E-state index in [1.165, 1.54) is 17.4 Å². The molecule has 1 aromatic heterocycles. The lowest BCUT2D eigenvalue weighted by Crippen LogP contribution is -2.36. The minimum absolute atomic E-state index is 0.0381. The van der Waals surface area contributed by atoms with Crippen LogP contribution in [-0.2, 0) is 17.7 Å². The number of ether oxygens (including phenoxy) is 2. The van der Waals surface area contributed by atoms with E-state index in [2.05, 4.69) is 4.98 Å². The molecule has 1 saturated heterocycles. The van der Waals surface area contributed by atoms with Gasteiger partial charge in [0.2, 0.25) is 0 Å². The van der Waals surface area contributed by atoms with Crippen molar-refractivity contribution in [3.8, 4) is 5.75 Å². The first-order valence-electron chi connectivity index (χ1n) is 10.4. The summed E-state index contributed by atoms with van der Waals surface area (Å²) in [6.07, 6.45) is 4.16. The molecule has 0 bridgehead atoms. The Hall–Kier alpha value is -2.77. The van der Waals surface area contributed by atoms with E-state index in [1.807, 2.05) is 35.2 Å². The number of rotatable bonds is 9. The minimum atomic E-state index is -0.216. The highest BCUT2D eigenvalue weighted by atomic mass is 32.1. The number of thiazole rings is 1.